The lowest BCUT2D eigenvalue weighted by Gasteiger charge is -2.08. The van der Waals surface area contributed by atoms with Crippen molar-refractivity contribution in [2.45, 2.75) is 19.9 Å². The second-order valence-electron chi connectivity index (χ2n) is 3.68. The number of nitrogen functional groups attached to an aromatic ring is 1. The normalized spacial score (nSPS) is 11.5. The topological polar surface area (TPSA) is 43.8 Å². The number of nitrogens with two attached hydrogens (primary N) is 1. The molecule has 80 valence electrons. The van der Waals surface area contributed by atoms with Gasteiger partial charge in [0.2, 0.25) is 0 Å². The fourth-order valence-electron chi connectivity index (χ4n) is 1.60. The summed E-state index contributed by atoms with van der Waals surface area (Å²) in [7, 11) is 0. The number of benzene rings is 1. The molecule has 0 fully saturated rings. The van der Waals surface area contributed by atoms with Crippen LogP contribution in [0.1, 0.15) is 19.9 Å². The Morgan fingerprint density at radius 1 is 1.47 bits per heavy atom. The number of hydrogen-bond donors (Lipinski definition) is 1. The van der Waals surface area contributed by atoms with Crippen LogP contribution >= 0.6 is 27.5 Å². The molecule has 1 heterocycles. The molecule has 0 saturated heterocycles. The molecular formula is C10H11BrClN3. The zero-order chi connectivity index (χ0) is 11.2. The van der Waals surface area contributed by atoms with E-state index in [2.05, 4.69) is 34.9 Å². The van der Waals surface area contributed by atoms with Crippen LogP contribution in [-0.2, 0) is 0 Å². The summed E-state index contributed by atoms with van der Waals surface area (Å²) in [5.74, 6) is 0.477. The van der Waals surface area contributed by atoms with Gasteiger partial charge in [-0.05, 0) is 41.9 Å². The van der Waals surface area contributed by atoms with E-state index in [-0.39, 0.29) is 6.04 Å². The number of fused-ring (bicyclic) bond motifs is 1. The molecule has 0 bridgehead atoms. The minimum Gasteiger partial charge on any atom is -0.382 e. The Bertz CT molecular complexity index is 519. The molecule has 0 amide bonds. The van der Waals surface area contributed by atoms with Gasteiger partial charge in [-0.3, -0.25) is 4.68 Å². The minimum atomic E-state index is 0.250. The van der Waals surface area contributed by atoms with Gasteiger partial charge in [0.25, 0.3) is 0 Å². The largest absolute Gasteiger partial charge is 0.382 e. The van der Waals surface area contributed by atoms with Crippen molar-refractivity contribution in [3.8, 4) is 0 Å². The monoisotopic (exact) mass is 287 g/mol. The highest BCUT2D eigenvalue weighted by Crippen LogP contribution is 2.35. The molecule has 0 unspecified atom stereocenters. The molecule has 0 spiro atoms. The van der Waals surface area contributed by atoms with Crippen LogP contribution in [-0.4, -0.2) is 9.78 Å². The van der Waals surface area contributed by atoms with E-state index in [1.54, 1.807) is 0 Å². The fraction of sp³-hybridized carbons (Fsp3) is 0.300. The SMILES string of the molecule is CC(C)n1nc(N)c2c(Cl)ccc(Br)c21. The first-order valence-electron chi connectivity index (χ1n) is 4.64. The minimum absolute atomic E-state index is 0.250. The summed E-state index contributed by atoms with van der Waals surface area (Å²) in [5.41, 5.74) is 6.80. The Balaban J connectivity index is 2.92. The molecule has 0 saturated carbocycles. The summed E-state index contributed by atoms with van der Waals surface area (Å²) < 4.78 is 2.83. The highest BCUT2D eigenvalue weighted by atomic mass is 79.9. The van der Waals surface area contributed by atoms with Crippen LogP contribution < -0.4 is 5.73 Å². The molecular weight excluding hydrogens is 277 g/mol. The molecule has 2 aromatic rings. The summed E-state index contributed by atoms with van der Waals surface area (Å²) in [6.45, 7) is 4.11. The molecule has 2 N–H and O–H groups in total. The van der Waals surface area contributed by atoms with Gasteiger partial charge in [-0.25, -0.2) is 0 Å². The van der Waals surface area contributed by atoms with Crippen molar-refractivity contribution in [3.05, 3.63) is 21.6 Å². The maximum Gasteiger partial charge on any atom is 0.154 e. The van der Waals surface area contributed by atoms with Crippen molar-refractivity contribution in [1.82, 2.24) is 9.78 Å². The summed E-state index contributed by atoms with van der Waals surface area (Å²) in [6, 6.07) is 3.97. The molecule has 1 aromatic heterocycles. The standard InChI is InChI=1S/C10H11BrClN3/c1-5(2)15-9-6(11)3-4-7(12)8(9)10(13)14-15/h3-5H,1-2H3,(H2,13,14). The fourth-order valence-corrected chi connectivity index (χ4v) is 2.36. The number of halogens is 2. The van der Waals surface area contributed by atoms with E-state index in [1.165, 1.54) is 0 Å². The maximum atomic E-state index is 6.10. The van der Waals surface area contributed by atoms with Gasteiger partial charge < -0.3 is 5.73 Å². The molecule has 0 aliphatic carbocycles. The number of rotatable bonds is 1. The van der Waals surface area contributed by atoms with Gasteiger partial charge in [0.1, 0.15) is 0 Å². The first kappa shape index (κ1) is 10.8. The Kier molecular flexibility index (Phi) is 2.64. The highest BCUT2D eigenvalue weighted by Gasteiger charge is 2.15. The van der Waals surface area contributed by atoms with Crippen LogP contribution in [0.25, 0.3) is 10.9 Å². The summed E-state index contributed by atoms with van der Waals surface area (Å²) in [6.07, 6.45) is 0. The van der Waals surface area contributed by atoms with Crippen LogP contribution in [0.15, 0.2) is 16.6 Å². The maximum absolute atomic E-state index is 6.10. The van der Waals surface area contributed by atoms with Crippen molar-refractivity contribution < 1.29 is 0 Å². The molecule has 0 radical (unpaired) electrons. The smallest absolute Gasteiger partial charge is 0.154 e. The van der Waals surface area contributed by atoms with E-state index in [1.807, 2.05) is 16.8 Å². The molecule has 0 aliphatic rings. The number of hydrogen-bond acceptors (Lipinski definition) is 2. The number of anilines is 1. The lowest BCUT2D eigenvalue weighted by atomic mass is 10.2. The molecule has 0 atom stereocenters. The van der Waals surface area contributed by atoms with Crippen LogP contribution in [0.2, 0.25) is 5.02 Å². The zero-order valence-electron chi connectivity index (χ0n) is 8.46. The summed E-state index contributed by atoms with van der Waals surface area (Å²) in [4.78, 5) is 0. The Morgan fingerprint density at radius 2 is 2.13 bits per heavy atom. The Labute approximate surface area is 101 Å². The predicted octanol–water partition coefficient (Wildman–Crippen LogP) is 3.62. The van der Waals surface area contributed by atoms with Crippen LogP contribution in [0.5, 0.6) is 0 Å². The lowest BCUT2D eigenvalue weighted by Crippen LogP contribution is -2.03. The van der Waals surface area contributed by atoms with Crippen LogP contribution in [0.4, 0.5) is 5.82 Å². The van der Waals surface area contributed by atoms with E-state index in [0.717, 1.165) is 15.4 Å². The van der Waals surface area contributed by atoms with Gasteiger partial charge in [0, 0.05) is 10.5 Å². The van der Waals surface area contributed by atoms with Crippen molar-refractivity contribution in [1.29, 1.82) is 0 Å². The van der Waals surface area contributed by atoms with Crippen LogP contribution in [0.3, 0.4) is 0 Å². The van der Waals surface area contributed by atoms with E-state index in [4.69, 9.17) is 17.3 Å². The third-order valence-corrected chi connectivity index (χ3v) is 3.22. The van der Waals surface area contributed by atoms with Crippen molar-refractivity contribution in [2.24, 2.45) is 0 Å². The molecule has 2 rings (SSSR count). The third-order valence-electron chi connectivity index (χ3n) is 2.27. The highest BCUT2D eigenvalue weighted by molar-refractivity contribution is 9.10. The lowest BCUT2D eigenvalue weighted by molar-refractivity contribution is 0.552. The zero-order valence-corrected chi connectivity index (χ0v) is 10.8. The molecule has 0 aliphatic heterocycles. The Morgan fingerprint density at radius 3 is 2.73 bits per heavy atom. The quantitative estimate of drug-likeness (QED) is 0.871. The van der Waals surface area contributed by atoms with Gasteiger partial charge >= 0.3 is 0 Å². The van der Waals surface area contributed by atoms with E-state index in [9.17, 15) is 0 Å². The molecule has 5 heteroatoms. The molecule has 3 nitrogen and oxygen atoms in total. The number of aromatic nitrogens is 2. The molecule has 1 aromatic carbocycles. The van der Waals surface area contributed by atoms with Gasteiger partial charge in [-0.15, -0.1) is 0 Å². The second kappa shape index (κ2) is 3.68. The van der Waals surface area contributed by atoms with Gasteiger partial charge in [-0.1, -0.05) is 11.6 Å². The van der Waals surface area contributed by atoms with E-state index >= 15 is 0 Å². The average Bonchev–Trinajstić information content (AvgIpc) is 2.51. The predicted molar refractivity (Wildman–Crippen MR) is 67.2 cm³/mol. The van der Waals surface area contributed by atoms with Crippen molar-refractivity contribution >= 4 is 44.3 Å². The molecule has 15 heavy (non-hydrogen) atoms. The van der Waals surface area contributed by atoms with Crippen molar-refractivity contribution in [2.75, 3.05) is 5.73 Å². The summed E-state index contributed by atoms with van der Waals surface area (Å²) >= 11 is 9.59. The summed E-state index contributed by atoms with van der Waals surface area (Å²) in [5, 5.41) is 5.75. The first-order valence-corrected chi connectivity index (χ1v) is 5.81. The van der Waals surface area contributed by atoms with E-state index < -0.39 is 0 Å². The van der Waals surface area contributed by atoms with Crippen molar-refractivity contribution in [3.63, 3.8) is 0 Å². The Hall–Kier alpha value is -0.740. The first-order chi connectivity index (χ1) is 7.02. The van der Waals surface area contributed by atoms with Crippen LogP contribution in [0, 0.1) is 0 Å². The van der Waals surface area contributed by atoms with Gasteiger partial charge in [-0.2, -0.15) is 5.10 Å². The van der Waals surface area contributed by atoms with E-state index in [0.29, 0.717) is 10.8 Å². The van der Waals surface area contributed by atoms with Gasteiger partial charge in [0.15, 0.2) is 5.82 Å². The average molecular weight is 289 g/mol. The third kappa shape index (κ3) is 1.62. The number of nitrogens with zero attached hydrogens (tertiary/aromatic N) is 2. The van der Waals surface area contributed by atoms with Gasteiger partial charge in [0.05, 0.1) is 15.9 Å². The second-order valence-corrected chi connectivity index (χ2v) is 4.94.